The summed E-state index contributed by atoms with van der Waals surface area (Å²) in [6.07, 6.45) is 1.16. The van der Waals surface area contributed by atoms with E-state index in [0.29, 0.717) is 25.2 Å². The fourth-order valence-electron chi connectivity index (χ4n) is 2.71. The summed E-state index contributed by atoms with van der Waals surface area (Å²) in [7, 11) is 0. The predicted octanol–water partition coefficient (Wildman–Crippen LogP) is 1.93. The van der Waals surface area contributed by atoms with Crippen LogP contribution in [0.4, 0.5) is 0 Å². The summed E-state index contributed by atoms with van der Waals surface area (Å²) in [5.41, 5.74) is 0. The van der Waals surface area contributed by atoms with Crippen LogP contribution in [0, 0.1) is 5.92 Å². The number of amides is 1. The third-order valence-electron chi connectivity index (χ3n) is 4.11. The van der Waals surface area contributed by atoms with E-state index < -0.39 is 0 Å². The number of rotatable bonds is 9. The van der Waals surface area contributed by atoms with Crippen molar-refractivity contribution < 1.29 is 14.3 Å². The predicted molar refractivity (Wildman–Crippen MR) is 90.6 cm³/mol. The minimum absolute atomic E-state index is 0.0484. The first kappa shape index (κ1) is 17.8. The van der Waals surface area contributed by atoms with E-state index in [0.717, 1.165) is 31.8 Å². The molecule has 128 valence electrons. The van der Waals surface area contributed by atoms with Crippen LogP contribution in [0.3, 0.4) is 0 Å². The number of hydrogen-bond acceptors (Lipinski definition) is 4. The molecular formula is C18H28N2O3. The Morgan fingerprint density at radius 1 is 1.30 bits per heavy atom. The Balaban J connectivity index is 1.49. The van der Waals surface area contributed by atoms with E-state index in [1.807, 2.05) is 30.3 Å². The number of nitrogens with zero attached hydrogens (tertiary/aromatic N) is 1. The van der Waals surface area contributed by atoms with E-state index in [1.54, 1.807) is 0 Å². The first-order chi connectivity index (χ1) is 11.1. The highest BCUT2D eigenvalue weighted by Gasteiger charge is 2.24. The highest BCUT2D eigenvalue weighted by molar-refractivity contribution is 5.77. The largest absolute Gasteiger partial charge is 0.491 e. The molecule has 1 aromatic rings. The molecule has 1 unspecified atom stereocenters. The van der Waals surface area contributed by atoms with Gasteiger partial charge in [0.25, 0.3) is 0 Å². The Morgan fingerprint density at radius 3 is 2.78 bits per heavy atom. The zero-order chi connectivity index (χ0) is 16.5. The first-order valence-electron chi connectivity index (χ1n) is 8.41. The molecule has 1 amide bonds. The molecular weight excluding hydrogens is 292 g/mol. The second kappa shape index (κ2) is 9.53. The van der Waals surface area contributed by atoms with Gasteiger partial charge in [-0.25, -0.2) is 0 Å². The summed E-state index contributed by atoms with van der Waals surface area (Å²) >= 11 is 0. The molecule has 0 aromatic heterocycles. The van der Waals surface area contributed by atoms with Crippen LogP contribution in [-0.2, 0) is 9.53 Å². The molecule has 0 radical (unpaired) electrons. The lowest BCUT2D eigenvalue weighted by Crippen LogP contribution is -2.34. The molecule has 1 N–H and O–H groups in total. The van der Waals surface area contributed by atoms with Gasteiger partial charge in [-0.1, -0.05) is 18.2 Å². The van der Waals surface area contributed by atoms with Gasteiger partial charge in [0.2, 0.25) is 5.91 Å². The first-order valence-corrected chi connectivity index (χ1v) is 8.41. The van der Waals surface area contributed by atoms with Gasteiger partial charge in [0, 0.05) is 19.1 Å². The summed E-state index contributed by atoms with van der Waals surface area (Å²) in [6.45, 7) is 8.33. The average Bonchev–Trinajstić information content (AvgIpc) is 3.03. The van der Waals surface area contributed by atoms with Gasteiger partial charge in [-0.2, -0.15) is 0 Å². The second-order valence-electron chi connectivity index (χ2n) is 6.26. The zero-order valence-corrected chi connectivity index (χ0v) is 14.2. The monoisotopic (exact) mass is 320 g/mol. The molecule has 0 aliphatic carbocycles. The summed E-state index contributed by atoms with van der Waals surface area (Å²) in [4.78, 5) is 14.2. The van der Waals surface area contributed by atoms with Crippen molar-refractivity contribution >= 4 is 5.91 Å². The number of carbonyl (C=O) groups is 1. The smallest absolute Gasteiger partial charge is 0.246 e. The Kier molecular flexibility index (Phi) is 7.36. The Morgan fingerprint density at radius 2 is 2.09 bits per heavy atom. The Bertz CT molecular complexity index is 465. The molecule has 1 aromatic carbocycles. The maximum Gasteiger partial charge on any atom is 0.246 e. The molecule has 0 saturated carbocycles. The summed E-state index contributed by atoms with van der Waals surface area (Å²) in [5, 5.41) is 2.96. The third-order valence-corrected chi connectivity index (χ3v) is 4.11. The van der Waals surface area contributed by atoms with Crippen molar-refractivity contribution in [2.75, 3.05) is 39.5 Å². The van der Waals surface area contributed by atoms with Crippen LogP contribution in [0.5, 0.6) is 5.75 Å². The number of para-hydroxylation sites is 1. The van der Waals surface area contributed by atoms with Crippen LogP contribution in [-0.4, -0.2) is 56.3 Å². The maximum atomic E-state index is 11.8. The highest BCUT2D eigenvalue weighted by Crippen LogP contribution is 2.17. The van der Waals surface area contributed by atoms with Crippen LogP contribution in [0.1, 0.15) is 20.3 Å². The van der Waals surface area contributed by atoms with Gasteiger partial charge in [0.15, 0.2) is 0 Å². The number of likely N-dealkylation sites (tertiary alicyclic amines) is 1. The van der Waals surface area contributed by atoms with E-state index in [1.165, 1.54) is 0 Å². The molecule has 1 aliphatic heterocycles. The van der Waals surface area contributed by atoms with Gasteiger partial charge < -0.3 is 19.7 Å². The van der Waals surface area contributed by atoms with Gasteiger partial charge in [-0.3, -0.25) is 4.79 Å². The quantitative estimate of drug-likeness (QED) is 0.707. The number of carbonyl (C=O) groups excluding carboxylic acids is 1. The van der Waals surface area contributed by atoms with Crippen LogP contribution in [0.2, 0.25) is 0 Å². The lowest BCUT2D eigenvalue weighted by molar-refractivity contribution is -0.126. The van der Waals surface area contributed by atoms with Crippen LogP contribution >= 0.6 is 0 Å². The third kappa shape index (κ3) is 6.59. The van der Waals surface area contributed by atoms with Gasteiger partial charge in [0.1, 0.15) is 19.0 Å². The fraction of sp³-hybridized carbons (Fsp3) is 0.611. The highest BCUT2D eigenvalue weighted by atomic mass is 16.5. The van der Waals surface area contributed by atoms with E-state index in [4.69, 9.17) is 9.47 Å². The molecule has 1 heterocycles. The van der Waals surface area contributed by atoms with Crippen molar-refractivity contribution in [3.05, 3.63) is 30.3 Å². The molecule has 5 nitrogen and oxygen atoms in total. The van der Waals surface area contributed by atoms with Crippen molar-refractivity contribution in [1.82, 2.24) is 10.2 Å². The van der Waals surface area contributed by atoms with Crippen LogP contribution in [0.15, 0.2) is 30.3 Å². The lowest BCUT2D eigenvalue weighted by Gasteiger charge is -2.20. The summed E-state index contributed by atoms with van der Waals surface area (Å²) in [5.74, 6) is 1.33. The van der Waals surface area contributed by atoms with Crippen molar-refractivity contribution in [1.29, 1.82) is 0 Å². The molecule has 0 bridgehead atoms. The van der Waals surface area contributed by atoms with Crippen molar-refractivity contribution in [3.8, 4) is 5.75 Å². The van der Waals surface area contributed by atoms with E-state index in [9.17, 15) is 4.79 Å². The molecule has 2 rings (SSSR count). The second-order valence-corrected chi connectivity index (χ2v) is 6.26. The van der Waals surface area contributed by atoms with Gasteiger partial charge in [-0.15, -0.1) is 0 Å². The topological polar surface area (TPSA) is 50.8 Å². The normalized spacial score (nSPS) is 18.3. The number of ether oxygens (including phenoxy) is 2. The van der Waals surface area contributed by atoms with E-state index in [2.05, 4.69) is 24.1 Å². The Labute approximate surface area is 139 Å². The minimum atomic E-state index is -0.0484. The summed E-state index contributed by atoms with van der Waals surface area (Å²) in [6, 6.07) is 10.2. The van der Waals surface area contributed by atoms with Gasteiger partial charge >= 0.3 is 0 Å². The van der Waals surface area contributed by atoms with E-state index >= 15 is 0 Å². The van der Waals surface area contributed by atoms with Crippen molar-refractivity contribution in [2.24, 2.45) is 5.92 Å². The Hall–Kier alpha value is -1.59. The molecule has 1 fully saturated rings. The average molecular weight is 320 g/mol. The van der Waals surface area contributed by atoms with Crippen molar-refractivity contribution in [2.45, 2.75) is 26.3 Å². The maximum absolute atomic E-state index is 11.8. The van der Waals surface area contributed by atoms with Gasteiger partial charge in [-0.05, 0) is 44.9 Å². The lowest BCUT2D eigenvalue weighted by atomic mass is 10.1. The number of hydrogen-bond donors (Lipinski definition) is 1. The molecule has 1 atom stereocenters. The van der Waals surface area contributed by atoms with E-state index in [-0.39, 0.29) is 12.5 Å². The molecule has 1 aliphatic rings. The summed E-state index contributed by atoms with van der Waals surface area (Å²) < 4.78 is 10.8. The minimum Gasteiger partial charge on any atom is -0.491 e. The molecule has 1 saturated heterocycles. The van der Waals surface area contributed by atoms with Crippen LogP contribution in [0.25, 0.3) is 0 Å². The molecule has 0 spiro atoms. The number of nitrogens with one attached hydrogen (secondary N) is 1. The fourth-order valence-corrected chi connectivity index (χ4v) is 2.71. The molecule has 23 heavy (non-hydrogen) atoms. The molecule has 5 heteroatoms. The van der Waals surface area contributed by atoms with Gasteiger partial charge in [0.05, 0.1) is 6.61 Å². The SMILES string of the molecule is CC(C)N1CCC(CNC(=O)COCCOc2ccccc2)C1. The standard InChI is InChI=1S/C18H28N2O3/c1-15(2)20-9-8-16(13-20)12-19-18(21)14-22-10-11-23-17-6-4-3-5-7-17/h3-7,15-16H,8-14H2,1-2H3,(H,19,21). The zero-order valence-electron chi connectivity index (χ0n) is 14.2. The number of benzene rings is 1. The van der Waals surface area contributed by atoms with Crippen molar-refractivity contribution in [3.63, 3.8) is 0 Å². The van der Waals surface area contributed by atoms with Crippen LogP contribution < -0.4 is 10.1 Å².